The molecule has 1 aliphatic rings. The van der Waals surface area contributed by atoms with Crippen molar-refractivity contribution in [1.82, 2.24) is 9.80 Å². The Labute approximate surface area is 242 Å². The zero-order chi connectivity index (χ0) is 27.7. The number of hydrogen-bond donors (Lipinski definition) is 0. The first kappa shape index (κ1) is 27.9. The molecule has 0 spiro atoms. The minimum atomic E-state index is -0.445. The van der Waals surface area contributed by atoms with E-state index in [1.165, 1.54) is 16.9 Å². The standard InChI is InChI=1S/C35H38N2O2S/c1-27-22-23-40-32(27)25-36(24-28-14-6-2-7-15-28)33(38)26-37(31-20-12-5-13-21-31)35(39)34(29-16-8-3-9-17-29)30-18-10-4-11-19-30/h2-4,6-11,14-19,22-23,31,34H,5,12-13,20-21,24-26H2,1H3. The predicted molar refractivity (Wildman–Crippen MR) is 163 cm³/mol. The van der Waals surface area contributed by atoms with Gasteiger partial charge in [-0.3, -0.25) is 9.59 Å². The molecule has 1 aliphatic carbocycles. The summed E-state index contributed by atoms with van der Waals surface area (Å²) in [5, 5.41) is 2.08. The first-order valence-corrected chi connectivity index (χ1v) is 15.2. The second-order valence-corrected chi connectivity index (χ2v) is 11.8. The molecule has 3 aromatic carbocycles. The highest BCUT2D eigenvalue weighted by molar-refractivity contribution is 7.10. The van der Waals surface area contributed by atoms with Crippen molar-refractivity contribution < 1.29 is 9.59 Å². The molecule has 0 bridgehead atoms. The summed E-state index contributed by atoms with van der Waals surface area (Å²) in [6, 6.07) is 32.3. The third-order valence-electron chi connectivity index (χ3n) is 7.99. The van der Waals surface area contributed by atoms with Gasteiger partial charge in [-0.05, 0) is 53.5 Å². The number of thiophene rings is 1. The molecule has 206 valence electrons. The van der Waals surface area contributed by atoms with E-state index in [4.69, 9.17) is 0 Å². The van der Waals surface area contributed by atoms with Crippen LogP contribution in [0.4, 0.5) is 0 Å². The van der Waals surface area contributed by atoms with Crippen LogP contribution >= 0.6 is 11.3 Å². The number of nitrogens with zero attached hydrogens (tertiary/aromatic N) is 2. The van der Waals surface area contributed by atoms with E-state index in [2.05, 4.69) is 30.5 Å². The highest BCUT2D eigenvalue weighted by atomic mass is 32.1. The van der Waals surface area contributed by atoms with Gasteiger partial charge in [-0.1, -0.05) is 110 Å². The van der Waals surface area contributed by atoms with E-state index in [0.29, 0.717) is 13.1 Å². The summed E-state index contributed by atoms with van der Waals surface area (Å²) >= 11 is 1.68. The lowest BCUT2D eigenvalue weighted by Crippen LogP contribution is -2.49. The van der Waals surface area contributed by atoms with Crippen LogP contribution in [0.25, 0.3) is 0 Å². The van der Waals surface area contributed by atoms with Gasteiger partial charge in [0.05, 0.1) is 12.5 Å². The molecule has 0 atom stereocenters. The first-order valence-electron chi connectivity index (χ1n) is 14.3. The highest BCUT2D eigenvalue weighted by Gasteiger charge is 2.34. The molecule has 40 heavy (non-hydrogen) atoms. The Hall–Kier alpha value is -3.70. The Morgan fingerprint density at radius 1 is 0.775 bits per heavy atom. The summed E-state index contributed by atoms with van der Waals surface area (Å²) in [6.07, 6.45) is 5.25. The fourth-order valence-corrected chi connectivity index (χ4v) is 6.66. The van der Waals surface area contributed by atoms with Crippen LogP contribution in [0, 0.1) is 6.92 Å². The summed E-state index contributed by atoms with van der Waals surface area (Å²) in [5.74, 6) is -0.431. The molecule has 5 rings (SSSR count). The molecular formula is C35H38N2O2S. The van der Waals surface area contributed by atoms with Crippen molar-refractivity contribution in [2.45, 2.75) is 64.1 Å². The molecule has 0 unspecified atom stereocenters. The molecular weight excluding hydrogens is 512 g/mol. The van der Waals surface area contributed by atoms with Crippen LogP contribution in [-0.2, 0) is 22.7 Å². The van der Waals surface area contributed by atoms with Gasteiger partial charge in [-0.15, -0.1) is 11.3 Å². The maximum absolute atomic E-state index is 14.6. The smallest absolute Gasteiger partial charge is 0.242 e. The minimum Gasteiger partial charge on any atom is -0.332 e. The van der Waals surface area contributed by atoms with Crippen LogP contribution < -0.4 is 0 Å². The Morgan fingerprint density at radius 3 is 1.90 bits per heavy atom. The molecule has 4 aromatic rings. The average molecular weight is 551 g/mol. The van der Waals surface area contributed by atoms with E-state index >= 15 is 0 Å². The molecule has 4 nitrogen and oxygen atoms in total. The fraction of sp³-hybridized carbons (Fsp3) is 0.314. The minimum absolute atomic E-state index is 0.00421. The maximum atomic E-state index is 14.6. The molecule has 0 N–H and O–H groups in total. The lowest BCUT2D eigenvalue weighted by atomic mass is 9.87. The van der Waals surface area contributed by atoms with Crippen molar-refractivity contribution in [2.75, 3.05) is 6.54 Å². The van der Waals surface area contributed by atoms with Gasteiger partial charge in [0.1, 0.15) is 6.54 Å². The second-order valence-electron chi connectivity index (χ2n) is 10.8. The van der Waals surface area contributed by atoms with E-state index in [9.17, 15) is 9.59 Å². The van der Waals surface area contributed by atoms with Gasteiger partial charge in [0.15, 0.2) is 0 Å². The summed E-state index contributed by atoms with van der Waals surface area (Å²) in [6.45, 7) is 3.26. The van der Waals surface area contributed by atoms with E-state index < -0.39 is 5.92 Å². The van der Waals surface area contributed by atoms with Gasteiger partial charge >= 0.3 is 0 Å². The molecule has 0 saturated heterocycles. The van der Waals surface area contributed by atoms with Crippen LogP contribution in [0.5, 0.6) is 0 Å². The molecule has 2 amide bonds. The van der Waals surface area contributed by atoms with Gasteiger partial charge in [-0.2, -0.15) is 0 Å². The number of carbonyl (C=O) groups excluding carboxylic acids is 2. The van der Waals surface area contributed by atoms with Crippen molar-refractivity contribution in [1.29, 1.82) is 0 Å². The van der Waals surface area contributed by atoms with E-state index in [1.807, 2.05) is 88.7 Å². The lowest BCUT2D eigenvalue weighted by Gasteiger charge is -2.37. The largest absolute Gasteiger partial charge is 0.332 e. The molecule has 1 saturated carbocycles. The van der Waals surface area contributed by atoms with Crippen LogP contribution in [0.15, 0.2) is 102 Å². The Balaban J connectivity index is 1.47. The number of benzene rings is 3. The molecule has 1 heterocycles. The summed E-state index contributed by atoms with van der Waals surface area (Å²) in [7, 11) is 0. The monoisotopic (exact) mass is 550 g/mol. The summed E-state index contributed by atoms with van der Waals surface area (Å²) < 4.78 is 0. The fourth-order valence-electron chi connectivity index (χ4n) is 5.74. The SMILES string of the molecule is Cc1ccsc1CN(Cc1ccccc1)C(=O)CN(C(=O)C(c1ccccc1)c1ccccc1)C1CCCCC1. The van der Waals surface area contributed by atoms with Crippen LogP contribution in [-0.4, -0.2) is 34.2 Å². The van der Waals surface area contributed by atoms with Crippen molar-refractivity contribution in [3.8, 4) is 0 Å². The van der Waals surface area contributed by atoms with Crippen molar-refractivity contribution in [3.63, 3.8) is 0 Å². The Morgan fingerprint density at radius 2 is 1.35 bits per heavy atom. The molecule has 0 aliphatic heterocycles. The second kappa shape index (κ2) is 13.6. The highest BCUT2D eigenvalue weighted by Crippen LogP contribution is 2.31. The van der Waals surface area contributed by atoms with Crippen molar-refractivity contribution >= 4 is 23.2 Å². The van der Waals surface area contributed by atoms with Gasteiger partial charge in [0.25, 0.3) is 0 Å². The number of aryl methyl sites for hydroxylation is 1. The van der Waals surface area contributed by atoms with Crippen molar-refractivity contribution in [3.05, 3.63) is 130 Å². The average Bonchev–Trinajstić information content (AvgIpc) is 3.41. The number of rotatable bonds is 10. The van der Waals surface area contributed by atoms with Crippen LogP contribution in [0.2, 0.25) is 0 Å². The van der Waals surface area contributed by atoms with Gasteiger partial charge in [-0.25, -0.2) is 0 Å². The molecule has 5 heteroatoms. The predicted octanol–water partition coefficient (Wildman–Crippen LogP) is 7.58. The zero-order valence-corrected chi connectivity index (χ0v) is 24.1. The summed E-state index contributed by atoms with van der Waals surface area (Å²) in [4.78, 5) is 33.8. The molecule has 0 radical (unpaired) electrons. The van der Waals surface area contributed by atoms with E-state index in [-0.39, 0.29) is 24.4 Å². The quantitative estimate of drug-likeness (QED) is 0.204. The molecule has 1 aromatic heterocycles. The van der Waals surface area contributed by atoms with Crippen molar-refractivity contribution in [2.24, 2.45) is 0 Å². The van der Waals surface area contributed by atoms with E-state index in [0.717, 1.165) is 42.4 Å². The lowest BCUT2D eigenvalue weighted by molar-refractivity contribution is -0.144. The van der Waals surface area contributed by atoms with Crippen LogP contribution in [0.1, 0.15) is 65.2 Å². The third kappa shape index (κ3) is 6.89. The topological polar surface area (TPSA) is 40.6 Å². The maximum Gasteiger partial charge on any atom is 0.242 e. The summed E-state index contributed by atoms with van der Waals surface area (Å²) in [5.41, 5.74) is 4.21. The Bertz CT molecular complexity index is 1320. The normalized spacial score (nSPS) is 13.8. The number of hydrogen-bond acceptors (Lipinski definition) is 3. The van der Waals surface area contributed by atoms with Crippen LogP contribution in [0.3, 0.4) is 0 Å². The van der Waals surface area contributed by atoms with E-state index in [1.54, 1.807) is 11.3 Å². The molecule has 1 fully saturated rings. The number of amides is 2. The first-order chi connectivity index (χ1) is 19.6. The van der Waals surface area contributed by atoms with Gasteiger partial charge in [0, 0.05) is 17.5 Å². The Kier molecular flexibility index (Phi) is 9.46. The third-order valence-corrected chi connectivity index (χ3v) is 9.00. The van der Waals surface area contributed by atoms with Gasteiger partial charge < -0.3 is 9.80 Å². The van der Waals surface area contributed by atoms with Gasteiger partial charge in [0.2, 0.25) is 11.8 Å². The zero-order valence-electron chi connectivity index (χ0n) is 23.2. The number of carbonyl (C=O) groups is 2.